The number of esters is 1. The van der Waals surface area contributed by atoms with E-state index in [0.29, 0.717) is 0 Å². The summed E-state index contributed by atoms with van der Waals surface area (Å²) in [4.78, 5) is 11.3. The van der Waals surface area contributed by atoms with Gasteiger partial charge >= 0.3 is 5.97 Å². The second-order valence-electron chi connectivity index (χ2n) is 3.72. The van der Waals surface area contributed by atoms with Crippen molar-refractivity contribution in [3.8, 4) is 0 Å². The van der Waals surface area contributed by atoms with Gasteiger partial charge in [-0.2, -0.15) is 0 Å². The van der Waals surface area contributed by atoms with E-state index >= 15 is 0 Å². The Balaban J connectivity index is 2.63. The van der Waals surface area contributed by atoms with Gasteiger partial charge in [0.1, 0.15) is 12.3 Å². The highest BCUT2D eigenvalue weighted by molar-refractivity contribution is 5.77. The number of ether oxygens (including phenoxy) is 1. The highest BCUT2D eigenvalue weighted by atomic mass is 19.1. The van der Waals surface area contributed by atoms with Gasteiger partial charge in [0.25, 0.3) is 0 Å². The molecule has 13 heavy (non-hydrogen) atoms. The summed E-state index contributed by atoms with van der Waals surface area (Å²) in [7, 11) is 0. The highest BCUT2D eigenvalue weighted by Gasteiger charge is 2.48. The molecule has 1 rings (SSSR count). The molecule has 2 nitrogen and oxygen atoms in total. The molecule has 0 aliphatic heterocycles. The molecule has 1 saturated carbocycles. The minimum Gasteiger partial charge on any atom is -0.466 e. The molecule has 0 spiro atoms. The van der Waals surface area contributed by atoms with Crippen molar-refractivity contribution in [2.45, 2.75) is 39.0 Å². The van der Waals surface area contributed by atoms with E-state index in [1.807, 2.05) is 0 Å². The van der Waals surface area contributed by atoms with E-state index in [-0.39, 0.29) is 19.4 Å². The predicted molar refractivity (Wildman–Crippen MR) is 43.8 cm³/mol. The third kappa shape index (κ3) is 1.98. The number of alkyl halides is 2. The van der Waals surface area contributed by atoms with E-state index in [4.69, 9.17) is 4.74 Å². The first kappa shape index (κ1) is 10.4. The van der Waals surface area contributed by atoms with Crippen LogP contribution in [-0.2, 0) is 9.53 Å². The van der Waals surface area contributed by atoms with Gasteiger partial charge in [0, 0.05) is 0 Å². The van der Waals surface area contributed by atoms with Gasteiger partial charge in [-0.05, 0) is 26.7 Å². The van der Waals surface area contributed by atoms with Crippen LogP contribution in [0.5, 0.6) is 0 Å². The lowest BCUT2D eigenvalue weighted by Gasteiger charge is -2.19. The molecule has 4 heteroatoms. The second-order valence-corrected chi connectivity index (χ2v) is 3.72. The van der Waals surface area contributed by atoms with Crippen molar-refractivity contribution in [2.24, 2.45) is 5.41 Å². The van der Waals surface area contributed by atoms with Crippen molar-refractivity contribution in [2.75, 3.05) is 6.61 Å². The molecule has 0 aromatic carbocycles. The van der Waals surface area contributed by atoms with E-state index in [1.165, 1.54) is 0 Å². The molecule has 0 radical (unpaired) electrons. The van der Waals surface area contributed by atoms with Crippen LogP contribution < -0.4 is 0 Å². The number of carbonyl (C=O) groups excluding carboxylic acids is 1. The van der Waals surface area contributed by atoms with Crippen LogP contribution in [0.15, 0.2) is 0 Å². The van der Waals surface area contributed by atoms with Gasteiger partial charge in [0.05, 0.1) is 12.0 Å². The van der Waals surface area contributed by atoms with Gasteiger partial charge in [-0.1, -0.05) is 0 Å². The Morgan fingerprint density at radius 3 is 2.31 bits per heavy atom. The molecule has 0 amide bonds. The normalized spacial score (nSPS) is 39.1. The minimum absolute atomic E-state index is 0.0625. The highest BCUT2D eigenvalue weighted by Crippen LogP contribution is 2.41. The standard InChI is InChI=1S/C9H14F2O2/c1-3-13-8(12)9(2)4-6(10)7(11)5-9/h6-7H,3-5H2,1-2H3/t6-,7-/m1/s1/i10-1/t6-,7-,9?. The fourth-order valence-electron chi connectivity index (χ4n) is 1.67. The molecule has 3 atom stereocenters. The Labute approximate surface area is 76.3 Å². The monoisotopic (exact) mass is 191 g/mol. The predicted octanol–water partition coefficient (Wildman–Crippen LogP) is 2.03. The summed E-state index contributed by atoms with van der Waals surface area (Å²) in [6.45, 7) is 3.48. The topological polar surface area (TPSA) is 26.3 Å². The number of hydrogen-bond donors (Lipinski definition) is 0. The zero-order valence-corrected chi connectivity index (χ0v) is 7.85. The molecule has 0 heterocycles. The maximum absolute atomic E-state index is 12.8. The molecule has 1 aliphatic carbocycles. The molecule has 1 aliphatic rings. The van der Waals surface area contributed by atoms with Crippen molar-refractivity contribution in [3.05, 3.63) is 0 Å². The van der Waals surface area contributed by atoms with Crippen LogP contribution in [0.25, 0.3) is 0 Å². The van der Waals surface area contributed by atoms with Gasteiger partial charge < -0.3 is 4.74 Å². The Morgan fingerprint density at radius 1 is 1.46 bits per heavy atom. The van der Waals surface area contributed by atoms with Crippen molar-refractivity contribution in [1.82, 2.24) is 0 Å². The third-order valence-corrected chi connectivity index (χ3v) is 2.45. The van der Waals surface area contributed by atoms with E-state index < -0.39 is 23.7 Å². The molecular weight excluding hydrogens is 177 g/mol. The first-order chi connectivity index (χ1) is 5.99. The van der Waals surface area contributed by atoms with Gasteiger partial charge in [0.2, 0.25) is 0 Å². The van der Waals surface area contributed by atoms with Crippen LogP contribution in [0, 0.1) is 5.41 Å². The fourth-order valence-corrected chi connectivity index (χ4v) is 1.67. The summed E-state index contributed by atoms with van der Waals surface area (Å²) in [6.07, 6.45) is -3.16. The Bertz CT molecular complexity index is 196. The lowest BCUT2D eigenvalue weighted by molar-refractivity contribution is -0.154. The number of carbonyl (C=O) groups is 1. The van der Waals surface area contributed by atoms with E-state index in [9.17, 15) is 13.6 Å². The zero-order valence-electron chi connectivity index (χ0n) is 7.85. The molecule has 0 saturated heterocycles. The SMILES string of the molecule is CCOC(=O)C1(C)C[C@@H](F)[C@H]([18F])C1. The molecule has 1 fully saturated rings. The molecular formula is C9H14F2O2. The van der Waals surface area contributed by atoms with Crippen LogP contribution in [0.2, 0.25) is 0 Å². The smallest absolute Gasteiger partial charge is 0.311 e. The van der Waals surface area contributed by atoms with Gasteiger partial charge in [0.15, 0.2) is 0 Å². The first-order valence-electron chi connectivity index (χ1n) is 4.45. The summed E-state index contributed by atoms with van der Waals surface area (Å²) < 4.78 is 30.4. The van der Waals surface area contributed by atoms with Crippen LogP contribution in [-0.4, -0.2) is 24.9 Å². The Morgan fingerprint density at radius 2 is 1.92 bits per heavy atom. The summed E-state index contributed by atoms with van der Waals surface area (Å²) in [5.74, 6) is -0.488. The van der Waals surface area contributed by atoms with Gasteiger partial charge in [-0.25, -0.2) is 8.78 Å². The van der Waals surface area contributed by atoms with Crippen molar-refractivity contribution >= 4 is 5.97 Å². The maximum atomic E-state index is 12.8. The maximum Gasteiger partial charge on any atom is 0.311 e. The van der Waals surface area contributed by atoms with Crippen LogP contribution in [0.4, 0.5) is 8.78 Å². The molecule has 76 valence electrons. The average molecular weight is 191 g/mol. The van der Waals surface area contributed by atoms with E-state index in [2.05, 4.69) is 0 Å². The van der Waals surface area contributed by atoms with Crippen molar-refractivity contribution < 1.29 is 18.3 Å². The number of hydrogen-bond acceptors (Lipinski definition) is 2. The van der Waals surface area contributed by atoms with Crippen molar-refractivity contribution in [1.29, 1.82) is 0 Å². The van der Waals surface area contributed by atoms with E-state index in [0.717, 1.165) is 0 Å². The molecule has 1 unspecified atom stereocenters. The van der Waals surface area contributed by atoms with Crippen molar-refractivity contribution in [3.63, 3.8) is 0 Å². The largest absolute Gasteiger partial charge is 0.466 e. The summed E-state index contributed by atoms with van der Waals surface area (Å²) in [5.41, 5.74) is -0.963. The quantitative estimate of drug-likeness (QED) is 0.624. The fraction of sp³-hybridized carbons (Fsp3) is 0.889. The number of rotatable bonds is 2. The van der Waals surface area contributed by atoms with Gasteiger partial charge in [-0.3, -0.25) is 4.79 Å². The minimum atomic E-state index is -1.52. The lowest BCUT2D eigenvalue weighted by atomic mass is 9.89. The van der Waals surface area contributed by atoms with E-state index in [1.54, 1.807) is 13.8 Å². The molecule has 0 bridgehead atoms. The Kier molecular flexibility index (Phi) is 2.88. The third-order valence-electron chi connectivity index (χ3n) is 2.45. The Hall–Kier alpha value is -0.670. The molecule has 0 N–H and O–H groups in total. The molecule has 0 aromatic rings. The zero-order chi connectivity index (χ0) is 10.1. The second kappa shape index (κ2) is 3.60. The number of halogens is 2. The van der Waals surface area contributed by atoms with Crippen LogP contribution in [0.3, 0.4) is 0 Å². The lowest BCUT2D eigenvalue weighted by Crippen LogP contribution is -2.27. The first-order valence-corrected chi connectivity index (χ1v) is 4.45. The summed E-state index contributed by atoms with van der Waals surface area (Å²) in [5, 5.41) is 0. The summed E-state index contributed by atoms with van der Waals surface area (Å²) in [6, 6.07) is 0. The van der Waals surface area contributed by atoms with Crippen LogP contribution in [0.1, 0.15) is 26.7 Å². The van der Waals surface area contributed by atoms with Gasteiger partial charge in [-0.15, -0.1) is 0 Å². The average Bonchev–Trinajstić information content (AvgIpc) is 2.28. The summed E-state index contributed by atoms with van der Waals surface area (Å²) >= 11 is 0. The molecule has 0 aromatic heterocycles. The van der Waals surface area contributed by atoms with Crippen LogP contribution >= 0.6 is 0 Å².